The number of hydrogen-bond donors (Lipinski definition) is 1. The van der Waals surface area contributed by atoms with E-state index in [1.165, 1.54) is 35.7 Å². The van der Waals surface area contributed by atoms with Gasteiger partial charge in [0.05, 0.1) is 18.5 Å². The summed E-state index contributed by atoms with van der Waals surface area (Å²) in [6.45, 7) is 4.70. The second kappa shape index (κ2) is 15.5. The first kappa shape index (κ1) is 35.1. The zero-order chi connectivity index (χ0) is 35.4. The zero-order valence-electron chi connectivity index (χ0n) is 28.2. The maximum absolute atomic E-state index is 15.0. The van der Waals surface area contributed by atoms with Gasteiger partial charge in [-0.15, -0.1) is 11.3 Å². The second-order valence-corrected chi connectivity index (χ2v) is 13.9. The van der Waals surface area contributed by atoms with E-state index in [4.69, 9.17) is 9.47 Å². The lowest BCUT2D eigenvalue weighted by Gasteiger charge is -2.22. The highest BCUT2D eigenvalue weighted by atomic mass is 32.1. The Morgan fingerprint density at radius 3 is 2.36 bits per heavy atom. The summed E-state index contributed by atoms with van der Waals surface area (Å²) in [6, 6.07) is 20.9. The first-order valence-corrected chi connectivity index (χ1v) is 17.5. The Kier molecular flexibility index (Phi) is 10.9. The van der Waals surface area contributed by atoms with Gasteiger partial charge in [-0.05, 0) is 60.8 Å². The third-order valence-corrected chi connectivity index (χ3v) is 9.97. The van der Waals surface area contributed by atoms with Crippen LogP contribution in [0, 0.1) is 17.6 Å². The van der Waals surface area contributed by atoms with Crippen LogP contribution in [-0.2, 0) is 33.9 Å². The molecule has 3 heterocycles. The van der Waals surface area contributed by atoms with Crippen molar-refractivity contribution in [2.75, 3.05) is 19.0 Å². The lowest BCUT2D eigenvalue weighted by Crippen LogP contribution is -2.29. The van der Waals surface area contributed by atoms with Crippen molar-refractivity contribution in [3.63, 3.8) is 0 Å². The molecule has 0 spiro atoms. The van der Waals surface area contributed by atoms with Crippen LogP contribution < -0.4 is 10.7 Å². The number of aromatic nitrogens is 1. The third-order valence-electron chi connectivity index (χ3n) is 8.65. The van der Waals surface area contributed by atoms with Gasteiger partial charge in [0.15, 0.2) is 0 Å². The van der Waals surface area contributed by atoms with Gasteiger partial charge >= 0.3 is 5.97 Å². The molecule has 260 valence electrons. The maximum Gasteiger partial charge on any atom is 0.345 e. The van der Waals surface area contributed by atoms with Gasteiger partial charge in [-0.3, -0.25) is 14.5 Å². The summed E-state index contributed by atoms with van der Waals surface area (Å²) in [4.78, 5) is 43.7. The zero-order valence-corrected chi connectivity index (χ0v) is 29.0. The number of ether oxygens (including phenoxy) is 2. The number of hydrogen-bond acceptors (Lipinski definition) is 7. The molecule has 8 nitrogen and oxygen atoms in total. The van der Waals surface area contributed by atoms with Crippen LogP contribution in [0.15, 0.2) is 83.8 Å². The highest BCUT2D eigenvalue weighted by Gasteiger charge is 2.28. The van der Waals surface area contributed by atoms with Crippen LogP contribution in [0.2, 0.25) is 0 Å². The molecule has 0 bridgehead atoms. The number of benzene rings is 3. The number of amides is 1. The van der Waals surface area contributed by atoms with E-state index in [0.29, 0.717) is 42.2 Å². The highest BCUT2D eigenvalue weighted by molar-refractivity contribution is 7.22. The van der Waals surface area contributed by atoms with Crippen molar-refractivity contribution in [2.45, 2.75) is 59.0 Å². The van der Waals surface area contributed by atoms with Crippen LogP contribution in [0.1, 0.15) is 60.2 Å². The predicted molar refractivity (Wildman–Crippen MR) is 191 cm³/mol. The van der Waals surface area contributed by atoms with Crippen molar-refractivity contribution in [3.05, 3.63) is 123 Å². The Labute approximate surface area is 293 Å². The molecule has 1 aliphatic rings. The van der Waals surface area contributed by atoms with E-state index in [0.717, 1.165) is 28.8 Å². The molecular formula is C39H39F2N3O5S. The fourth-order valence-electron chi connectivity index (χ4n) is 6.00. The van der Waals surface area contributed by atoms with Crippen molar-refractivity contribution >= 4 is 39.1 Å². The number of nitrogens with one attached hydrogen (secondary N) is 1. The average Bonchev–Trinajstić information content (AvgIpc) is 3.48. The Bertz CT molecular complexity index is 2030. The first-order chi connectivity index (χ1) is 24.1. The van der Waals surface area contributed by atoms with Crippen LogP contribution in [0.3, 0.4) is 0 Å². The molecule has 0 radical (unpaired) electrons. The normalized spacial score (nSPS) is 14.7. The number of pyridine rings is 1. The van der Waals surface area contributed by atoms with Gasteiger partial charge in [-0.25, -0.2) is 13.6 Å². The molecule has 11 heteroatoms. The Hall–Kier alpha value is -4.71. The standard InChI is InChI=1S/C39H39F2N3O5S/c1-24(2)37(46)42-27-17-15-26(16-18-27)36-29(21-43(3)20-25-10-5-4-6-11-25)34-35(45)30(39(47)49-33-14-7-8-19-48-33)23-44(38(34)50-36)22-28-31(40)12-9-13-32(28)41/h4-6,9-13,15-18,23-24,33H,7-8,14,19-22H2,1-3H3,(H,42,46). The minimum Gasteiger partial charge on any atom is -0.432 e. The molecule has 3 aromatic carbocycles. The molecule has 5 aromatic rings. The van der Waals surface area contributed by atoms with E-state index < -0.39 is 29.3 Å². The summed E-state index contributed by atoms with van der Waals surface area (Å²) in [6.07, 6.45) is 2.73. The predicted octanol–water partition coefficient (Wildman–Crippen LogP) is 7.97. The van der Waals surface area contributed by atoms with Gasteiger partial charge in [0.2, 0.25) is 17.6 Å². The van der Waals surface area contributed by atoms with Crippen molar-refractivity contribution < 1.29 is 27.8 Å². The fraction of sp³-hybridized carbons (Fsp3) is 0.308. The lowest BCUT2D eigenvalue weighted by atomic mass is 10.0. The van der Waals surface area contributed by atoms with Crippen LogP contribution in [-0.4, -0.2) is 41.3 Å². The first-order valence-electron chi connectivity index (χ1n) is 16.7. The SMILES string of the molecule is CC(C)C(=O)Nc1ccc(-c2sc3c(c2CN(C)Cc2ccccc2)c(=O)c(C(=O)OC2CCCCO2)cn3Cc2c(F)cccc2F)cc1. The molecule has 1 fully saturated rings. The van der Waals surface area contributed by atoms with E-state index in [1.807, 2.05) is 63.4 Å². The van der Waals surface area contributed by atoms with Crippen LogP contribution >= 0.6 is 11.3 Å². The number of halogens is 2. The minimum atomic E-state index is -0.854. The molecule has 1 unspecified atom stereocenters. The molecule has 6 rings (SSSR count). The van der Waals surface area contributed by atoms with E-state index in [9.17, 15) is 14.4 Å². The van der Waals surface area contributed by atoms with Gasteiger partial charge in [-0.1, -0.05) is 62.4 Å². The molecule has 1 N–H and O–H groups in total. The fourth-order valence-corrected chi connectivity index (χ4v) is 7.29. The number of thiophene rings is 1. The number of carbonyl (C=O) groups is 2. The molecule has 1 saturated heterocycles. The summed E-state index contributed by atoms with van der Waals surface area (Å²) in [5, 5.41) is 3.18. The van der Waals surface area contributed by atoms with Gasteiger partial charge in [-0.2, -0.15) is 0 Å². The summed E-state index contributed by atoms with van der Waals surface area (Å²) < 4.78 is 42.9. The second-order valence-electron chi connectivity index (χ2n) is 12.9. The number of rotatable bonds is 11. The summed E-state index contributed by atoms with van der Waals surface area (Å²) >= 11 is 1.31. The summed E-state index contributed by atoms with van der Waals surface area (Å²) in [5.74, 6) is -2.64. The van der Waals surface area contributed by atoms with Crippen molar-refractivity contribution in [2.24, 2.45) is 5.92 Å². The third kappa shape index (κ3) is 7.85. The summed E-state index contributed by atoms with van der Waals surface area (Å²) in [7, 11) is 1.94. The molecule has 0 aliphatic carbocycles. The summed E-state index contributed by atoms with van der Waals surface area (Å²) in [5.41, 5.74) is 2.17. The maximum atomic E-state index is 15.0. The molecule has 0 saturated carbocycles. The van der Waals surface area contributed by atoms with E-state index >= 15 is 8.78 Å². The van der Waals surface area contributed by atoms with Crippen LogP contribution in [0.4, 0.5) is 14.5 Å². The van der Waals surface area contributed by atoms with E-state index in [1.54, 1.807) is 16.7 Å². The molecule has 50 heavy (non-hydrogen) atoms. The molecule has 1 amide bonds. The van der Waals surface area contributed by atoms with Gasteiger partial charge < -0.3 is 19.4 Å². The quantitative estimate of drug-likeness (QED) is 0.141. The molecule has 2 aromatic heterocycles. The number of esters is 1. The van der Waals surface area contributed by atoms with E-state index in [2.05, 4.69) is 10.2 Å². The molecular weight excluding hydrogens is 661 g/mol. The number of nitrogens with zero attached hydrogens (tertiary/aromatic N) is 2. The van der Waals surface area contributed by atoms with Crippen molar-refractivity contribution in [1.29, 1.82) is 0 Å². The van der Waals surface area contributed by atoms with Crippen molar-refractivity contribution in [1.82, 2.24) is 9.47 Å². The molecule has 1 aliphatic heterocycles. The Morgan fingerprint density at radius 1 is 0.980 bits per heavy atom. The van der Waals surface area contributed by atoms with Crippen molar-refractivity contribution in [3.8, 4) is 10.4 Å². The largest absolute Gasteiger partial charge is 0.432 e. The topological polar surface area (TPSA) is 89.9 Å². The smallest absolute Gasteiger partial charge is 0.345 e. The monoisotopic (exact) mass is 699 g/mol. The lowest BCUT2D eigenvalue weighted by molar-refractivity contribution is -0.131. The number of carbonyl (C=O) groups excluding carboxylic acids is 2. The van der Waals surface area contributed by atoms with E-state index in [-0.39, 0.29) is 34.9 Å². The van der Waals surface area contributed by atoms with Crippen LogP contribution in [0.5, 0.6) is 0 Å². The van der Waals surface area contributed by atoms with Gasteiger partial charge in [0, 0.05) is 47.8 Å². The Balaban J connectivity index is 1.51. The van der Waals surface area contributed by atoms with Gasteiger partial charge in [0.25, 0.3) is 0 Å². The van der Waals surface area contributed by atoms with Gasteiger partial charge in [0.1, 0.15) is 22.0 Å². The minimum absolute atomic E-state index is 0.113. The Morgan fingerprint density at radius 2 is 1.70 bits per heavy atom. The molecule has 1 atom stereocenters. The number of fused-ring (bicyclic) bond motifs is 1. The highest BCUT2D eigenvalue weighted by Crippen LogP contribution is 2.39. The number of anilines is 1. The van der Waals surface area contributed by atoms with Crippen LogP contribution in [0.25, 0.3) is 20.7 Å². The average molecular weight is 700 g/mol.